The van der Waals surface area contributed by atoms with Crippen LogP contribution < -0.4 is 5.32 Å². The standard InChI is InChI=1S/C28H30F3N3O2/c29-28(30,31)19-32-26(36)27(14-11-20-7-2-4-10-24(20)27)13-5-6-15-33-16-12-22(18-33)34-17-21-8-1-3-9-23(21)25(34)35/h1-4,7-11,14,22H,5-6,12-13,15-19H2,(H,32,36). The molecular formula is C28H30F3N3O2. The fourth-order valence-electron chi connectivity index (χ4n) is 5.82. The summed E-state index contributed by atoms with van der Waals surface area (Å²) in [6, 6.07) is 15.3. The van der Waals surface area contributed by atoms with Crippen molar-refractivity contribution in [2.75, 3.05) is 26.2 Å². The van der Waals surface area contributed by atoms with Gasteiger partial charge in [-0.2, -0.15) is 13.2 Å². The van der Waals surface area contributed by atoms with E-state index in [2.05, 4.69) is 10.2 Å². The van der Waals surface area contributed by atoms with Gasteiger partial charge in [0.2, 0.25) is 5.91 Å². The number of nitrogens with one attached hydrogen (secondary N) is 1. The van der Waals surface area contributed by atoms with Crippen molar-refractivity contribution >= 4 is 17.9 Å². The average molecular weight is 498 g/mol. The minimum atomic E-state index is -4.46. The lowest BCUT2D eigenvalue weighted by Crippen LogP contribution is -2.45. The van der Waals surface area contributed by atoms with Crippen LogP contribution in [0.2, 0.25) is 0 Å². The van der Waals surface area contributed by atoms with Gasteiger partial charge in [-0.15, -0.1) is 0 Å². The van der Waals surface area contributed by atoms with Gasteiger partial charge in [-0.25, -0.2) is 0 Å². The first-order valence-electron chi connectivity index (χ1n) is 12.5. The Balaban J connectivity index is 1.16. The molecule has 2 heterocycles. The second kappa shape index (κ2) is 9.73. The van der Waals surface area contributed by atoms with E-state index in [0.717, 1.165) is 54.7 Å². The largest absolute Gasteiger partial charge is 0.405 e. The Kier molecular flexibility index (Phi) is 6.64. The monoisotopic (exact) mass is 497 g/mol. The van der Waals surface area contributed by atoms with Crippen LogP contribution in [0.5, 0.6) is 0 Å². The second-order valence-electron chi connectivity index (χ2n) is 9.98. The van der Waals surface area contributed by atoms with Gasteiger partial charge in [0.15, 0.2) is 0 Å². The zero-order valence-corrected chi connectivity index (χ0v) is 20.1. The summed E-state index contributed by atoms with van der Waals surface area (Å²) >= 11 is 0. The molecule has 5 rings (SSSR count). The topological polar surface area (TPSA) is 52.7 Å². The molecule has 3 aliphatic rings. The van der Waals surface area contributed by atoms with Crippen molar-refractivity contribution in [1.29, 1.82) is 0 Å². The van der Waals surface area contributed by atoms with Crippen molar-refractivity contribution in [2.24, 2.45) is 0 Å². The van der Waals surface area contributed by atoms with E-state index in [1.807, 2.05) is 59.5 Å². The molecule has 1 saturated heterocycles. The normalized spacial score (nSPS) is 23.2. The predicted molar refractivity (Wildman–Crippen MR) is 131 cm³/mol. The molecular weight excluding hydrogens is 467 g/mol. The van der Waals surface area contributed by atoms with E-state index >= 15 is 0 Å². The summed E-state index contributed by atoms with van der Waals surface area (Å²) in [5.41, 5.74) is 2.44. The lowest BCUT2D eigenvalue weighted by atomic mass is 9.77. The molecule has 8 heteroatoms. The number of hydrogen-bond donors (Lipinski definition) is 1. The quantitative estimate of drug-likeness (QED) is 0.546. The van der Waals surface area contributed by atoms with Crippen LogP contribution in [0.3, 0.4) is 0 Å². The highest BCUT2D eigenvalue weighted by Crippen LogP contribution is 2.40. The highest BCUT2D eigenvalue weighted by molar-refractivity contribution is 5.98. The zero-order valence-electron chi connectivity index (χ0n) is 20.1. The Bertz CT molecular complexity index is 1180. The third-order valence-corrected chi connectivity index (χ3v) is 7.68. The van der Waals surface area contributed by atoms with Crippen LogP contribution >= 0.6 is 0 Å². The number of carbonyl (C=O) groups excluding carboxylic acids is 2. The Morgan fingerprint density at radius 2 is 1.86 bits per heavy atom. The third-order valence-electron chi connectivity index (χ3n) is 7.68. The second-order valence-corrected chi connectivity index (χ2v) is 9.98. The molecule has 2 amide bonds. The summed E-state index contributed by atoms with van der Waals surface area (Å²) in [7, 11) is 0. The average Bonchev–Trinajstić information content (AvgIpc) is 3.57. The van der Waals surface area contributed by atoms with Gasteiger partial charge >= 0.3 is 6.18 Å². The van der Waals surface area contributed by atoms with Gasteiger partial charge in [0.1, 0.15) is 6.54 Å². The molecule has 0 saturated carbocycles. The summed E-state index contributed by atoms with van der Waals surface area (Å²) < 4.78 is 38.4. The van der Waals surface area contributed by atoms with Gasteiger partial charge in [0.05, 0.1) is 5.41 Å². The number of carbonyl (C=O) groups is 2. The van der Waals surface area contributed by atoms with Crippen molar-refractivity contribution < 1.29 is 22.8 Å². The first-order chi connectivity index (χ1) is 17.3. The predicted octanol–water partition coefficient (Wildman–Crippen LogP) is 4.53. The van der Waals surface area contributed by atoms with Gasteiger partial charge in [-0.1, -0.05) is 61.0 Å². The number of fused-ring (bicyclic) bond motifs is 2. The van der Waals surface area contributed by atoms with Crippen molar-refractivity contribution in [3.05, 3.63) is 76.9 Å². The number of unbranched alkanes of at least 4 members (excludes halogenated alkanes) is 1. The molecule has 190 valence electrons. The zero-order chi connectivity index (χ0) is 25.3. The number of rotatable bonds is 8. The smallest absolute Gasteiger partial charge is 0.346 e. The van der Waals surface area contributed by atoms with Crippen molar-refractivity contribution in [3.8, 4) is 0 Å². The third kappa shape index (κ3) is 4.78. The molecule has 0 bridgehead atoms. The summed E-state index contributed by atoms with van der Waals surface area (Å²) in [5, 5.41) is 2.11. The fourth-order valence-corrected chi connectivity index (χ4v) is 5.82. The first kappa shape index (κ1) is 24.6. The number of hydrogen-bond acceptors (Lipinski definition) is 3. The molecule has 0 spiro atoms. The highest BCUT2D eigenvalue weighted by atomic mass is 19.4. The maximum Gasteiger partial charge on any atom is 0.405 e. The van der Waals surface area contributed by atoms with Gasteiger partial charge < -0.3 is 15.1 Å². The Morgan fingerprint density at radius 3 is 2.67 bits per heavy atom. The van der Waals surface area contributed by atoms with E-state index in [1.165, 1.54) is 0 Å². The number of benzene rings is 2. The number of alkyl halides is 3. The summed E-state index contributed by atoms with van der Waals surface area (Å²) in [6.07, 6.45) is 2.03. The van der Waals surface area contributed by atoms with E-state index in [-0.39, 0.29) is 11.9 Å². The van der Waals surface area contributed by atoms with Gasteiger partial charge in [-0.3, -0.25) is 9.59 Å². The maximum atomic E-state index is 13.0. The molecule has 2 aromatic rings. The van der Waals surface area contributed by atoms with Crippen LogP contribution in [-0.4, -0.2) is 60.0 Å². The van der Waals surface area contributed by atoms with E-state index in [1.54, 1.807) is 6.08 Å². The molecule has 2 aromatic carbocycles. The number of likely N-dealkylation sites (tertiary alicyclic amines) is 1. The number of amides is 2. The molecule has 2 atom stereocenters. The van der Waals surface area contributed by atoms with E-state index in [0.29, 0.717) is 19.4 Å². The van der Waals surface area contributed by atoms with Crippen molar-refractivity contribution in [2.45, 2.75) is 49.9 Å². The van der Waals surface area contributed by atoms with E-state index < -0.39 is 24.0 Å². The van der Waals surface area contributed by atoms with Crippen LogP contribution in [0.15, 0.2) is 54.6 Å². The molecule has 2 unspecified atom stereocenters. The van der Waals surface area contributed by atoms with Crippen LogP contribution in [0.25, 0.3) is 6.08 Å². The van der Waals surface area contributed by atoms with Gasteiger partial charge in [-0.05, 0) is 48.6 Å². The summed E-state index contributed by atoms with van der Waals surface area (Å²) in [4.78, 5) is 30.2. The van der Waals surface area contributed by atoms with Crippen LogP contribution in [0.4, 0.5) is 13.2 Å². The number of nitrogens with zero attached hydrogens (tertiary/aromatic N) is 2. The first-order valence-corrected chi connectivity index (χ1v) is 12.5. The maximum absolute atomic E-state index is 13.0. The van der Waals surface area contributed by atoms with Crippen LogP contribution in [0, 0.1) is 0 Å². The molecule has 1 fully saturated rings. The van der Waals surface area contributed by atoms with Crippen molar-refractivity contribution in [1.82, 2.24) is 15.1 Å². The molecule has 0 aromatic heterocycles. The lowest BCUT2D eigenvalue weighted by Gasteiger charge is -2.29. The van der Waals surface area contributed by atoms with E-state index in [4.69, 9.17) is 0 Å². The number of halogens is 3. The summed E-state index contributed by atoms with van der Waals surface area (Å²) in [6.45, 7) is 1.88. The molecule has 2 aliphatic heterocycles. The van der Waals surface area contributed by atoms with Gasteiger partial charge in [0, 0.05) is 31.2 Å². The van der Waals surface area contributed by atoms with Crippen LogP contribution in [-0.2, 0) is 16.8 Å². The Hall–Kier alpha value is -3.13. The van der Waals surface area contributed by atoms with Crippen LogP contribution in [0.1, 0.15) is 52.7 Å². The Morgan fingerprint density at radius 1 is 1.08 bits per heavy atom. The molecule has 0 radical (unpaired) electrons. The van der Waals surface area contributed by atoms with E-state index in [9.17, 15) is 22.8 Å². The summed E-state index contributed by atoms with van der Waals surface area (Å²) in [5.74, 6) is -0.495. The lowest BCUT2D eigenvalue weighted by molar-refractivity contribution is -0.141. The minimum Gasteiger partial charge on any atom is -0.346 e. The SMILES string of the molecule is O=C1c2ccccc2CN1C1CCN(CCCCC2(C(=O)NCC(F)(F)F)C=Cc3ccccc32)C1. The Labute approximate surface area is 209 Å². The van der Waals surface area contributed by atoms with Gasteiger partial charge in [0.25, 0.3) is 5.91 Å². The molecule has 5 nitrogen and oxygen atoms in total. The highest BCUT2D eigenvalue weighted by Gasteiger charge is 2.43. The molecule has 1 aliphatic carbocycles. The minimum absolute atomic E-state index is 0.107. The fraction of sp³-hybridized carbons (Fsp3) is 0.429. The van der Waals surface area contributed by atoms with Crippen molar-refractivity contribution in [3.63, 3.8) is 0 Å². The molecule has 1 N–H and O–H groups in total. The molecule has 36 heavy (non-hydrogen) atoms.